The van der Waals surface area contributed by atoms with Gasteiger partial charge in [0.15, 0.2) is 5.82 Å². The van der Waals surface area contributed by atoms with E-state index < -0.39 is 40.7 Å². The molecule has 1 heterocycles. The van der Waals surface area contributed by atoms with Gasteiger partial charge in [0.2, 0.25) is 0 Å². The zero-order valence-corrected chi connectivity index (χ0v) is 19.0. The Hall–Kier alpha value is -3.86. The molecule has 0 bridgehead atoms. The van der Waals surface area contributed by atoms with Gasteiger partial charge in [-0.1, -0.05) is 11.6 Å². The number of aromatic nitrogens is 1. The van der Waals surface area contributed by atoms with Crippen molar-refractivity contribution >= 4 is 29.1 Å². The number of nitrogens with zero attached hydrogens (tertiary/aromatic N) is 1. The first-order chi connectivity index (χ1) is 16.4. The second-order valence-corrected chi connectivity index (χ2v) is 7.81. The molecule has 0 aliphatic carbocycles. The molecule has 3 rings (SSSR count). The Balaban J connectivity index is 2.02. The fourth-order valence-corrected chi connectivity index (χ4v) is 3.15. The molecule has 0 unspecified atom stereocenters. The Morgan fingerprint density at radius 1 is 1.09 bits per heavy atom. The maximum atomic E-state index is 15.0. The summed E-state index contributed by atoms with van der Waals surface area (Å²) in [6, 6.07) is 7.75. The molecule has 0 aliphatic heterocycles. The summed E-state index contributed by atoms with van der Waals surface area (Å²) < 4.78 is 66.0. The number of nitrogens with two attached hydrogens (primary N) is 1. The SMILES string of the molecule is CC(C)Oc1ccc(Oc2ccc(C(F)(F)F)c(F)c2C(=O)Nc2ccnc(C(N)=O)c2)cc1Cl. The number of hydrogen-bond donors (Lipinski definition) is 2. The Labute approximate surface area is 201 Å². The molecule has 0 spiro atoms. The van der Waals surface area contributed by atoms with Crippen LogP contribution < -0.4 is 20.5 Å². The van der Waals surface area contributed by atoms with Crippen molar-refractivity contribution in [1.82, 2.24) is 4.98 Å². The summed E-state index contributed by atoms with van der Waals surface area (Å²) in [6.07, 6.45) is -4.12. The fourth-order valence-electron chi connectivity index (χ4n) is 2.93. The van der Waals surface area contributed by atoms with Gasteiger partial charge in [-0.2, -0.15) is 13.2 Å². The molecule has 3 N–H and O–H groups in total. The van der Waals surface area contributed by atoms with Gasteiger partial charge in [0.05, 0.1) is 16.7 Å². The topological polar surface area (TPSA) is 104 Å². The van der Waals surface area contributed by atoms with Crippen molar-refractivity contribution in [3.05, 3.63) is 76.3 Å². The molecule has 0 atom stereocenters. The van der Waals surface area contributed by atoms with Crippen molar-refractivity contribution in [3.63, 3.8) is 0 Å². The van der Waals surface area contributed by atoms with Crippen molar-refractivity contribution in [2.45, 2.75) is 26.1 Å². The lowest BCUT2D eigenvalue weighted by atomic mass is 10.1. The minimum absolute atomic E-state index is 0.0132. The molecule has 0 saturated carbocycles. The van der Waals surface area contributed by atoms with Crippen LogP contribution in [0.25, 0.3) is 0 Å². The van der Waals surface area contributed by atoms with E-state index in [-0.39, 0.29) is 28.3 Å². The summed E-state index contributed by atoms with van der Waals surface area (Å²) in [5.41, 5.74) is 2.18. The second-order valence-electron chi connectivity index (χ2n) is 7.41. The number of halogens is 5. The maximum absolute atomic E-state index is 15.0. The number of primary amides is 1. The Morgan fingerprint density at radius 3 is 2.37 bits per heavy atom. The minimum Gasteiger partial charge on any atom is -0.489 e. The van der Waals surface area contributed by atoms with E-state index in [0.29, 0.717) is 11.8 Å². The molecule has 0 radical (unpaired) electrons. The lowest BCUT2D eigenvalue weighted by Gasteiger charge is -2.17. The number of carbonyl (C=O) groups is 2. The van der Waals surface area contributed by atoms with Crippen LogP contribution in [0.1, 0.15) is 40.3 Å². The first-order valence-electron chi connectivity index (χ1n) is 9.97. The van der Waals surface area contributed by atoms with E-state index in [2.05, 4.69) is 10.3 Å². The van der Waals surface area contributed by atoms with Crippen LogP contribution in [0.4, 0.5) is 23.2 Å². The number of ether oxygens (including phenoxy) is 2. The van der Waals surface area contributed by atoms with Crippen LogP contribution in [-0.2, 0) is 6.18 Å². The number of anilines is 1. The summed E-state index contributed by atoms with van der Waals surface area (Å²) in [5.74, 6) is -4.19. The number of nitrogens with one attached hydrogen (secondary N) is 1. The van der Waals surface area contributed by atoms with Crippen LogP contribution >= 0.6 is 11.6 Å². The van der Waals surface area contributed by atoms with Crippen LogP contribution in [0.5, 0.6) is 17.2 Å². The molecule has 7 nitrogen and oxygen atoms in total. The molecule has 0 aliphatic rings. The van der Waals surface area contributed by atoms with Crippen LogP contribution in [-0.4, -0.2) is 22.9 Å². The van der Waals surface area contributed by atoms with E-state index in [4.69, 9.17) is 26.8 Å². The van der Waals surface area contributed by atoms with Crippen LogP contribution in [0, 0.1) is 5.82 Å². The van der Waals surface area contributed by atoms with Crippen molar-refractivity contribution < 1.29 is 36.6 Å². The Morgan fingerprint density at radius 2 is 1.77 bits per heavy atom. The molecule has 1 aromatic heterocycles. The summed E-state index contributed by atoms with van der Waals surface area (Å²) in [5, 5.41) is 2.35. The average Bonchev–Trinajstić information content (AvgIpc) is 2.74. The van der Waals surface area contributed by atoms with Gasteiger partial charge >= 0.3 is 6.18 Å². The first kappa shape index (κ1) is 25.8. The highest BCUT2D eigenvalue weighted by Gasteiger charge is 2.37. The van der Waals surface area contributed by atoms with E-state index in [1.165, 1.54) is 24.3 Å². The molecular formula is C23H18ClF4N3O4. The smallest absolute Gasteiger partial charge is 0.419 e. The lowest BCUT2D eigenvalue weighted by molar-refractivity contribution is -0.140. The molecule has 184 valence electrons. The van der Waals surface area contributed by atoms with Crippen molar-refractivity contribution in [3.8, 4) is 17.2 Å². The van der Waals surface area contributed by atoms with Crippen molar-refractivity contribution in [2.24, 2.45) is 5.73 Å². The largest absolute Gasteiger partial charge is 0.489 e. The van der Waals surface area contributed by atoms with E-state index in [1.807, 2.05) is 0 Å². The molecule has 3 aromatic rings. The zero-order valence-electron chi connectivity index (χ0n) is 18.2. The predicted molar refractivity (Wildman–Crippen MR) is 119 cm³/mol. The summed E-state index contributed by atoms with van der Waals surface area (Å²) in [4.78, 5) is 27.9. The number of hydrogen-bond acceptors (Lipinski definition) is 5. The molecule has 0 saturated heterocycles. The van der Waals surface area contributed by atoms with E-state index in [9.17, 15) is 27.2 Å². The van der Waals surface area contributed by atoms with E-state index in [0.717, 1.165) is 18.3 Å². The van der Waals surface area contributed by atoms with Gasteiger partial charge in [-0.05, 0) is 50.2 Å². The van der Waals surface area contributed by atoms with Gasteiger partial charge in [-0.25, -0.2) is 4.39 Å². The summed E-state index contributed by atoms with van der Waals surface area (Å²) in [6.45, 7) is 3.57. The molecule has 12 heteroatoms. The monoisotopic (exact) mass is 511 g/mol. The lowest BCUT2D eigenvalue weighted by Crippen LogP contribution is -2.19. The molecular weight excluding hydrogens is 494 g/mol. The van der Waals surface area contributed by atoms with Gasteiger partial charge in [-0.15, -0.1) is 0 Å². The van der Waals surface area contributed by atoms with E-state index in [1.54, 1.807) is 13.8 Å². The maximum Gasteiger partial charge on any atom is 0.419 e. The quantitative estimate of drug-likeness (QED) is 0.389. The van der Waals surface area contributed by atoms with Crippen LogP contribution in [0.15, 0.2) is 48.7 Å². The Bertz CT molecular complexity index is 1280. The van der Waals surface area contributed by atoms with Gasteiger partial charge in [0.25, 0.3) is 11.8 Å². The standard InChI is InChI=1S/C23H18ClF4N3O4/c1-11(2)34-17-5-3-13(10-15(17)24)35-18-6-4-14(23(26,27)28)20(25)19(18)22(33)31-12-7-8-30-16(9-12)21(29)32/h3-11H,1-2H3,(H2,29,32)(H,30,31,33). The fraction of sp³-hybridized carbons (Fsp3) is 0.174. The number of rotatable bonds is 7. The number of carbonyl (C=O) groups excluding carboxylic acids is 2. The first-order valence-corrected chi connectivity index (χ1v) is 10.4. The van der Waals surface area contributed by atoms with Gasteiger partial charge < -0.3 is 20.5 Å². The third-order valence-electron chi connectivity index (χ3n) is 4.40. The highest BCUT2D eigenvalue weighted by molar-refractivity contribution is 6.32. The van der Waals surface area contributed by atoms with Gasteiger partial charge in [-0.3, -0.25) is 14.6 Å². The summed E-state index contributed by atoms with van der Waals surface area (Å²) in [7, 11) is 0. The molecule has 0 fully saturated rings. The Kier molecular flexibility index (Phi) is 7.49. The van der Waals surface area contributed by atoms with Gasteiger partial charge in [0, 0.05) is 18.0 Å². The van der Waals surface area contributed by atoms with Crippen LogP contribution in [0.3, 0.4) is 0 Å². The molecule has 35 heavy (non-hydrogen) atoms. The van der Waals surface area contributed by atoms with Gasteiger partial charge in [0.1, 0.15) is 28.5 Å². The number of pyridine rings is 1. The number of alkyl halides is 3. The number of benzene rings is 2. The zero-order chi connectivity index (χ0) is 25.9. The molecule has 2 amide bonds. The van der Waals surface area contributed by atoms with Crippen molar-refractivity contribution in [2.75, 3.05) is 5.32 Å². The third-order valence-corrected chi connectivity index (χ3v) is 4.70. The van der Waals surface area contributed by atoms with Crippen molar-refractivity contribution in [1.29, 1.82) is 0 Å². The molecule has 2 aromatic carbocycles. The summed E-state index contributed by atoms with van der Waals surface area (Å²) >= 11 is 6.16. The van der Waals surface area contributed by atoms with E-state index >= 15 is 0 Å². The highest BCUT2D eigenvalue weighted by Crippen LogP contribution is 2.38. The normalized spacial score (nSPS) is 11.3. The third kappa shape index (κ3) is 6.18. The minimum atomic E-state index is -5.08. The average molecular weight is 512 g/mol. The number of amides is 2. The second kappa shape index (κ2) is 10.2. The predicted octanol–water partition coefficient (Wildman–Crippen LogP) is 5.82. The highest BCUT2D eigenvalue weighted by atomic mass is 35.5. The van der Waals surface area contributed by atoms with Crippen LogP contribution in [0.2, 0.25) is 5.02 Å².